The van der Waals surface area contributed by atoms with E-state index < -0.39 is 9.84 Å². The van der Waals surface area contributed by atoms with Crippen molar-refractivity contribution < 1.29 is 8.42 Å². The van der Waals surface area contributed by atoms with Gasteiger partial charge in [-0.2, -0.15) is 0 Å². The smallest absolute Gasteiger partial charge is 0.148 e. The van der Waals surface area contributed by atoms with Gasteiger partial charge in [-0.05, 0) is 38.1 Å². The van der Waals surface area contributed by atoms with Crippen molar-refractivity contribution >= 4 is 9.84 Å². The Kier molecular flexibility index (Phi) is 5.04. The lowest BCUT2D eigenvalue weighted by molar-refractivity contribution is 0.217. The first kappa shape index (κ1) is 14.3. The summed E-state index contributed by atoms with van der Waals surface area (Å²) in [6, 6.07) is 1.16. The molecule has 1 saturated carbocycles. The third kappa shape index (κ3) is 4.21. The standard InChI is InChI=1S/C13H26N2O2S/c1-18(16,17)10-9-15-12-6-3-2-5-11(12)13-7-4-8-14-13/h11-15H,2-10H2,1H3. The Morgan fingerprint density at radius 3 is 2.61 bits per heavy atom. The van der Waals surface area contributed by atoms with Gasteiger partial charge in [0.15, 0.2) is 0 Å². The van der Waals surface area contributed by atoms with Crippen molar-refractivity contribution in [2.24, 2.45) is 5.92 Å². The van der Waals surface area contributed by atoms with E-state index in [1.165, 1.54) is 44.8 Å². The Labute approximate surface area is 111 Å². The normalized spacial score (nSPS) is 33.7. The van der Waals surface area contributed by atoms with Crippen LogP contribution in [0.5, 0.6) is 0 Å². The summed E-state index contributed by atoms with van der Waals surface area (Å²) in [5.41, 5.74) is 0. The number of rotatable bonds is 5. The Morgan fingerprint density at radius 2 is 1.94 bits per heavy atom. The van der Waals surface area contributed by atoms with Crippen LogP contribution in [0.3, 0.4) is 0 Å². The first-order valence-electron chi connectivity index (χ1n) is 7.21. The van der Waals surface area contributed by atoms with E-state index in [2.05, 4.69) is 10.6 Å². The van der Waals surface area contributed by atoms with Crippen LogP contribution in [-0.4, -0.2) is 45.6 Å². The highest BCUT2D eigenvalue weighted by Gasteiger charge is 2.32. The van der Waals surface area contributed by atoms with Gasteiger partial charge in [0, 0.05) is 24.9 Å². The third-order valence-corrected chi connectivity index (χ3v) is 5.26. The van der Waals surface area contributed by atoms with Gasteiger partial charge >= 0.3 is 0 Å². The van der Waals surface area contributed by atoms with E-state index in [0.29, 0.717) is 24.5 Å². The lowest BCUT2D eigenvalue weighted by Gasteiger charge is -2.36. The molecule has 3 unspecified atom stereocenters. The predicted molar refractivity (Wildman–Crippen MR) is 74.5 cm³/mol. The van der Waals surface area contributed by atoms with Crippen molar-refractivity contribution in [3.05, 3.63) is 0 Å². The molecule has 0 aromatic carbocycles. The van der Waals surface area contributed by atoms with Gasteiger partial charge in [-0.3, -0.25) is 0 Å². The third-order valence-electron chi connectivity index (χ3n) is 4.31. The molecule has 2 fully saturated rings. The van der Waals surface area contributed by atoms with Crippen LogP contribution >= 0.6 is 0 Å². The van der Waals surface area contributed by atoms with Crippen LogP contribution in [0, 0.1) is 5.92 Å². The summed E-state index contributed by atoms with van der Waals surface area (Å²) in [4.78, 5) is 0. The molecular weight excluding hydrogens is 248 g/mol. The van der Waals surface area contributed by atoms with E-state index in [1.54, 1.807) is 0 Å². The summed E-state index contributed by atoms with van der Waals surface area (Å²) in [5, 5.41) is 7.09. The maximum absolute atomic E-state index is 11.2. The van der Waals surface area contributed by atoms with E-state index in [-0.39, 0.29) is 5.75 Å². The second-order valence-corrected chi connectivity index (χ2v) is 8.10. The highest BCUT2D eigenvalue weighted by molar-refractivity contribution is 7.90. The molecule has 3 atom stereocenters. The van der Waals surface area contributed by atoms with Crippen molar-refractivity contribution in [2.75, 3.05) is 25.1 Å². The average molecular weight is 274 g/mol. The minimum absolute atomic E-state index is 0.258. The molecule has 2 rings (SSSR count). The molecule has 0 aromatic heterocycles. The molecule has 0 spiro atoms. The molecule has 0 radical (unpaired) electrons. The molecule has 1 aliphatic heterocycles. The Bertz CT molecular complexity index is 350. The van der Waals surface area contributed by atoms with E-state index in [4.69, 9.17) is 0 Å². The zero-order valence-corrected chi connectivity index (χ0v) is 12.1. The van der Waals surface area contributed by atoms with Gasteiger partial charge in [-0.1, -0.05) is 12.8 Å². The average Bonchev–Trinajstić information content (AvgIpc) is 2.81. The quantitative estimate of drug-likeness (QED) is 0.783. The topological polar surface area (TPSA) is 58.2 Å². The maximum atomic E-state index is 11.2. The molecule has 0 bridgehead atoms. The summed E-state index contributed by atoms with van der Waals surface area (Å²) in [5.74, 6) is 0.953. The Morgan fingerprint density at radius 1 is 1.17 bits per heavy atom. The molecule has 106 valence electrons. The van der Waals surface area contributed by atoms with Crippen LogP contribution < -0.4 is 10.6 Å². The fourth-order valence-electron chi connectivity index (χ4n) is 3.40. The molecule has 0 amide bonds. The summed E-state index contributed by atoms with van der Waals surface area (Å²) < 4.78 is 22.3. The van der Waals surface area contributed by atoms with Crippen LogP contribution in [0.1, 0.15) is 38.5 Å². The van der Waals surface area contributed by atoms with Crippen LogP contribution in [-0.2, 0) is 9.84 Å². The van der Waals surface area contributed by atoms with E-state index in [1.807, 2.05) is 0 Å². The number of nitrogens with one attached hydrogen (secondary N) is 2. The number of sulfone groups is 1. The molecule has 1 heterocycles. The van der Waals surface area contributed by atoms with Gasteiger partial charge in [0.25, 0.3) is 0 Å². The zero-order valence-electron chi connectivity index (χ0n) is 11.3. The SMILES string of the molecule is CS(=O)(=O)CCNC1CCCCC1C1CCCN1. The molecule has 0 aromatic rings. The number of hydrogen-bond donors (Lipinski definition) is 2. The summed E-state index contributed by atoms with van der Waals surface area (Å²) in [6.45, 7) is 1.75. The van der Waals surface area contributed by atoms with Crippen molar-refractivity contribution in [1.29, 1.82) is 0 Å². The molecule has 5 heteroatoms. The van der Waals surface area contributed by atoms with E-state index >= 15 is 0 Å². The lowest BCUT2D eigenvalue weighted by Crippen LogP contribution is -2.47. The number of hydrogen-bond acceptors (Lipinski definition) is 4. The predicted octanol–water partition coefficient (Wildman–Crippen LogP) is 0.931. The first-order chi connectivity index (χ1) is 8.56. The highest BCUT2D eigenvalue weighted by Crippen LogP contribution is 2.30. The van der Waals surface area contributed by atoms with Crippen LogP contribution in [0.15, 0.2) is 0 Å². The molecule has 4 nitrogen and oxygen atoms in total. The van der Waals surface area contributed by atoms with Gasteiger partial charge in [0.2, 0.25) is 0 Å². The first-order valence-corrected chi connectivity index (χ1v) is 9.27. The zero-order chi connectivity index (χ0) is 13.0. The van der Waals surface area contributed by atoms with Crippen LogP contribution in [0.4, 0.5) is 0 Å². The van der Waals surface area contributed by atoms with Crippen molar-refractivity contribution in [2.45, 2.75) is 50.6 Å². The molecule has 18 heavy (non-hydrogen) atoms. The van der Waals surface area contributed by atoms with Gasteiger partial charge in [0.05, 0.1) is 5.75 Å². The second kappa shape index (κ2) is 6.35. The van der Waals surface area contributed by atoms with E-state index in [0.717, 1.165) is 6.54 Å². The summed E-state index contributed by atoms with van der Waals surface area (Å²) >= 11 is 0. The minimum Gasteiger partial charge on any atom is -0.314 e. The minimum atomic E-state index is -2.84. The van der Waals surface area contributed by atoms with Crippen molar-refractivity contribution in [1.82, 2.24) is 10.6 Å². The highest BCUT2D eigenvalue weighted by atomic mass is 32.2. The van der Waals surface area contributed by atoms with Crippen molar-refractivity contribution in [3.63, 3.8) is 0 Å². The van der Waals surface area contributed by atoms with Gasteiger partial charge in [-0.15, -0.1) is 0 Å². The van der Waals surface area contributed by atoms with Crippen LogP contribution in [0.2, 0.25) is 0 Å². The molecule has 2 aliphatic rings. The van der Waals surface area contributed by atoms with E-state index in [9.17, 15) is 8.42 Å². The maximum Gasteiger partial charge on any atom is 0.148 e. The summed E-state index contributed by atoms with van der Waals surface area (Å²) in [7, 11) is -2.84. The molecule has 1 aliphatic carbocycles. The van der Waals surface area contributed by atoms with Gasteiger partial charge in [0.1, 0.15) is 9.84 Å². The van der Waals surface area contributed by atoms with Gasteiger partial charge < -0.3 is 10.6 Å². The molecular formula is C13H26N2O2S. The monoisotopic (exact) mass is 274 g/mol. The lowest BCUT2D eigenvalue weighted by atomic mass is 9.79. The Balaban J connectivity index is 1.83. The second-order valence-electron chi connectivity index (χ2n) is 5.84. The fraction of sp³-hybridized carbons (Fsp3) is 1.00. The molecule has 2 N–H and O–H groups in total. The Hall–Kier alpha value is -0.130. The summed E-state index contributed by atoms with van der Waals surface area (Å²) in [6.07, 6.45) is 8.98. The van der Waals surface area contributed by atoms with Crippen LogP contribution in [0.25, 0.3) is 0 Å². The largest absolute Gasteiger partial charge is 0.314 e. The fourth-order valence-corrected chi connectivity index (χ4v) is 3.89. The van der Waals surface area contributed by atoms with Crippen molar-refractivity contribution in [3.8, 4) is 0 Å². The molecule has 1 saturated heterocycles. The van der Waals surface area contributed by atoms with Gasteiger partial charge in [-0.25, -0.2) is 8.42 Å².